The van der Waals surface area contributed by atoms with Crippen LogP contribution in [0, 0.1) is 5.92 Å². The van der Waals surface area contributed by atoms with Crippen LogP contribution in [-0.4, -0.2) is 47.1 Å². The zero-order valence-corrected chi connectivity index (χ0v) is 14.5. The summed E-state index contributed by atoms with van der Waals surface area (Å²) in [7, 11) is -6.02. The Morgan fingerprint density at radius 3 is 2.52 bits per heavy atom. The number of ketones is 1. The third kappa shape index (κ3) is 5.02. The molecular weight excluding hydrogens is 338 g/mol. The van der Waals surface area contributed by atoms with Gasteiger partial charge in [-0.15, -0.1) is 0 Å². The van der Waals surface area contributed by atoms with Crippen molar-refractivity contribution in [1.29, 1.82) is 0 Å². The number of carbonyl (C=O) groups is 1. The first-order chi connectivity index (χ1) is 10.7. The van der Waals surface area contributed by atoms with E-state index >= 15 is 0 Å². The normalized spacial score (nSPS) is 20.1. The Hall–Kier alpha value is -0.930. The standard InChI is InChI=1S/C15H23NO5S2/c16-7-4-15(17)13-2-1-3-14(10-13)23(20,21)11-12-5-8-22(18,19)9-6-12/h1-3,10,12,18-19H,4-9,11,16H2. The van der Waals surface area contributed by atoms with E-state index in [2.05, 4.69) is 0 Å². The van der Waals surface area contributed by atoms with E-state index < -0.39 is 20.4 Å². The minimum atomic E-state index is -3.51. The number of benzene rings is 1. The molecule has 0 aromatic heterocycles. The first-order valence-corrected chi connectivity index (χ1v) is 11.1. The van der Waals surface area contributed by atoms with Crippen LogP contribution in [0.25, 0.3) is 0 Å². The molecule has 0 amide bonds. The van der Waals surface area contributed by atoms with E-state index in [0.29, 0.717) is 18.4 Å². The molecule has 2 rings (SSSR count). The van der Waals surface area contributed by atoms with Crippen LogP contribution >= 0.6 is 10.6 Å². The molecule has 8 heteroatoms. The molecule has 0 saturated carbocycles. The highest BCUT2D eigenvalue weighted by molar-refractivity contribution is 8.24. The number of nitrogens with two attached hydrogens (primary N) is 1. The predicted molar refractivity (Wildman–Crippen MR) is 91.8 cm³/mol. The SMILES string of the molecule is NCCC(=O)c1cccc(S(=O)(=O)CC2CCS(O)(O)CC2)c1. The zero-order valence-electron chi connectivity index (χ0n) is 12.8. The minimum absolute atomic E-state index is 0.0307. The second-order valence-corrected chi connectivity index (χ2v) is 10.4. The fourth-order valence-corrected chi connectivity index (χ4v) is 6.03. The van der Waals surface area contributed by atoms with Gasteiger partial charge in [-0.25, -0.2) is 8.42 Å². The Morgan fingerprint density at radius 1 is 1.26 bits per heavy atom. The van der Waals surface area contributed by atoms with Crippen molar-refractivity contribution in [3.63, 3.8) is 0 Å². The van der Waals surface area contributed by atoms with Crippen LogP contribution in [0.1, 0.15) is 29.6 Å². The van der Waals surface area contributed by atoms with Gasteiger partial charge in [0.15, 0.2) is 15.6 Å². The zero-order chi connectivity index (χ0) is 17.1. The van der Waals surface area contributed by atoms with Gasteiger partial charge in [-0.05, 0) is 37.4 Å². The van der Waals surface area contributed by atoms with Crippen LogP contribution < -0.4 is 5.73 Å². The molecule has 0 bridgehead atoms. The van der Waals surface area contributed by atoms with E-state index in [1.165, 1.54) is 12.1 Å². The van der Waals surface area contributed by atoms with E-state index in [1.807, 2.05) is 0 Å². The van der Waals surface area contributed by atoms with Gasteiger partial charge in [0.25, 0.3) is 0 Å². The van der Waals surface area contributed by atoms with Crippen molar-refractivity contribution >= 4 is 26.2 Å². The Bertz CT molecular complexity index is 662. The number of rotatable bonds is 6. The summed E-state index contributed by atoms with van der Waals surface area (Å²) < 4.78 is 44.3. The quantitative estimate of drug-likeness (QED) is 0.668. The third-order valence-corrected chi connectivity index (χ3v) is 7.71. The lowest BCUT2D eigenvalue weighted by Crippen LogP contribution is -2.26. The predicted octanol–water partition coefficient (Wildman–Crippen LogP) is 2.15. The Labute approximate surface area is 138 Å². The van der Waals surface area contributed by atoms with Gasteiger partial charge in [0, 0.05) is 23.5 Å². The molecule has 1 aliphatic heterocycles. The van der Waals surface area contributed by atoms with Crippen molar-refractivity contribution < 1.29 is 22.3 Å². The number of hydrogen-bond donors (Lipinski definition) is 3. The van der Waals surface area contributed by atoms with Gasteiger partial charge >= 0.3 is 0 Å². The van der Waals surface area contributed by atoms with Crippen molar-refractivity contribution in [1.82, 2.24) is 0 Å². The largest absolute Gasteiger partial charge is 0.330 e. The molecule has 1 aromatic rings. The highest BCUT2D eigenvalue weighted by Gasteiger charge is 2.28. The lowest BCUT2D eigenvalue weighted by Gasteiger charge is -2.39. The van der Waals surface area contributed by atoms with Crippen LogP contribution in [-0.2, 0) is 9.84 Å². The molecular formula is C15H23NO5S2. The molecule has 0 radical (unpaired) electrons. The lowest BCUT2D eigenvalue weighted by molar-refractivity contribution is 0.0985. The summed E-state index contributed by atoms with van der Waals surface area (Å²) in [5.41, 5.74) is 5.71. The molecule has 23 heavy (non-hydrogen) atoms. The number of carbonyl (C=O) groups excluding carboxylic acids is 1. The lowest BCUT2D eigenvalue weighted by atomic mass is 10.1. The van der Waals surface area contributed by atoms with Gasteiger partial charge in [0.2, 0.25) is 0 Å². The minimum Gasteiger partial charge on any atom is -0.330 e. The molecule has 4 N–H and O–H groups in total. The van der Waals surface area contributed by atoms with Crippen LogP contribution in [0.15, 0.2) is 29.2 Å². The highest BCUT2D eigenvalue weighted by Crippen LogP contribution is 2.46. The van der Waals surface area contributed by atoms with Gasteiger partial charge in [0.05, 0.1) is 10.6 Å². The maximum Gasteiger partial charge on any atom is 0.178 e. The summed E-state index contributed by atoms with van der Waals surface area (Å²) in [6, 6.07) is 6.05. The molecule has 1 aromatic carbocycles. The molecule has 1 heterocycles. The number of Topliss-reactive ketones (excluding diaryl/α,β-unsaturated/α-hetero) is 1. The smallest absolute Gasteiger partial charge is 0.178 e. The van der Waals surface area contributed by atoms with E-state index in [4.69, 9.17) is 5.73 Å². The van der Waals surface area contributed by atoms with Crippen LogP contribution in [0.2, 0.25) is 0 Å². The molecule has 130 valence electrons. The summed E-state index contributed by atoms with van der Waals surface area (Å²) in [6.45, 7) is 0.226. The summed E-state index contributed by atoms with van der Waals surface area (Å²) in [5, 5.41) is 0. The third-order valence-electron chi connectivity index (χ3n) is 4.05. The Morgan fingerprint density at radius 2 is 1.91 bits per heavy atom. The second kappa shape index (κ2) is 7.31. The van der Waals surface area contributed by atoms with E-state index in [9.17, 15) is 22.3 Å². The van der Waals surface area contributed by atoms with Gasteiger partial charge in [0.1, 0.15) is 0 Å². The van der Waals surface area contributed by atoms with E-state index in [0.717, 1.165) is 0 Å². The molecule has 0 atom stereocenters. The average Bonchev–Trinajstić information content (AvgIpc) is 2.50. The molecule has 1 fully saturated rings. The number of sulfone groups is 1. The van der Waals surface area contributed by atoms with Crippen LogP contribution in [0.5, 0.6) is 0 Å². The fraction of sp³-hybridized carbons (Fsp3) is 0.533. The summed E-state index contributed by atoms with van der Waals surface area (Å²) in [6.07, 6.45) is 1.17. The van der Waals surface area contributed by atoms with E-state index in [1.54, 1.807) is 12.1 Å². The molecule has 1 saturated heterocycles. The van der Waals surface area contributed by atoms with Crippen molar-refractivity contribution in [2.75, 3.05) is 23.8 Å². The van der Waals surface area contributed by atoms with Crippen LogP contribution in [0.3, 0.4) is 0 Å². The average molecular weight is 361 g/mol. The highest BCUT2D eigenvalue weighted by atomic mass is 32.3. The van der Waals surface area contributed by atoms with E-state index in [-0.39, 0.29) is 46.8 Å². The summed E-state index contributed by atoms with van der Waals surface area (Å²) >= 11 is 0. The fourth-order valence-electron chi connectivity index (χ4n) is 2.67. The molecule has 0 unspecified atom stereocenters. The molecule has 0 spiro atoms. The second-order valence-electron chi connectivity index (χ2n) is 5.92. The molecule has 6 nitrogen and oxygen atoms in total. The van der Waals surface area contributed by atoms with Gasteiger partial charge in [-0.1, -0.05) is 12.1 Å². The Kier molecular flexibility index (Phi) is 5.85. The maximum absolute atomic E-state index is 12.5. The van der Waals surface area contributed by atoms with Crippen molar-refractivity contribution in [3.8, 4) is 0 Å². The first kappa shape index (κ1) is 18.4. The van der Waals surface area contributed by atoms with Gasteiger partial charge in [-0.2, -0.15) is 10.6 Å². The summed E-state index contributed by atoms with van der Waals surface area (Å²) in [5.74, 6) is 0.251. The monoisotopic (exact) mass is 361 g/mol. The maximum atomic E-state index is 12.5. The Balaban J connectivity index is 2.11. The molecule has 1 aliphatic rings. The number of hydrogen-bond acceptors (Lipinski definition) is 6. The topological polar surface area (TPSA) is 118 Å². The van der Waals surface area contributed by atoms with Gasteiger partial charge in [-0.3, -0.25) is 13.9 Å². The van der Waals surface area contributed by atoms with Crippen LogP contribution in [0.4, 0.5) is 0 Å². The van der Waals surface area contributed by atoms with Gasteiger partial charge < -0.3 is 5.73 Å². The first-order valence-electron chi connectivity index (χ1n) is 7.53. The summed E-state index contributed by atoms with van der Waals surface area (Å²) in [4.78, 5) is 12.0. The van der Waals surface area contributed by atoms with Crippen molar-refractivity contribution in [3.05, 3.63) is 29.8 Å². The molecule has 0 aliphatic carbocycles. The van der Waals surface area contributed by atoms with Crippen molar-refractivity contribution in [2.45, 2.75) is 24.2 Å². The van der Waals surface area contributed by atoms with Crippen molar-refractivity contribution in [2.24, 2.45) is 11.7 Å².